The lowest BCUT2D eigenvalue weighted by molar-refractivity contribution is -0.119. The molecule has 1 aliphatic rings. The molecule has 1 aromatic heterocycles. The van der Waals surface area contributed by atoms with Crippen LogP contribution in [0.4, 0.5) is 0 Å². The van der Waals surface area contributed by atoms with E-state index < -0.39 is 0 Å². The molecule has 6 heteroatoms. The Morgan fingerprint density at radius 2 is 2.26 bits per heavy atom. The van der Waals surface area contributed by atoms with Crippen molar-refractivity contribution in [3.8, 4) is 23.7 Å². The molecule has 2 N–H and O–H groups in total. The monoisotopic (exact) mass is 307 g/mol. The SMILES string of the molecule is C#CCC1(NC(=O)/C=C/c2ccccc2-c2nn[nH]n2)CCC1. The summed E-state index contributed by atoms with van der Waals surface area (Å²) in [7, 11) is 0. The van der Waals surface area contributed by atoms with E-state index in [2.05, 4.69) is 31.9 Å². The van der Waals surface area contributed by atoms with E-state index in [4.69, 9.17) is 6.42 Å². The first-order valence-corrected chi connectivity index (χ1v) is 7.49. The van der Waals surface area contributed by atoms with Gasteiger partial charge in [-0.05, 0) is 36.1 Å². The van der Waals surface area contributed by atoms with Gasteiger partial charge in [0, 0.05) is 18.1 Å². The highest BCUT2D eigenvalue weighted by Crippen LogP contribution is 2.34. The van der Waals surface area contributed by atoms with Gasteiger partial charge in [0.15, 0.2) is 0 Å². The summed E-state index contributed by atoms with van der Waals surface area (Å²) in [4.78, 5) is 12.2. The number of amides is 1. The van der Waals surface area contributed by atoms with Crippen molar-refractivity contribution in [2.75, 3.05) is 0 Å². The number of carbonyl (C=O) groups excluding carboxylic acids is 1. The summed E-state index contributed by atoms with van der Waals surface area (Å²) >= 11 is 0. The number of nitrogens with one attached hydrogen (secondary N) is 2. The average Bonchev–Trinajstić information content (AvgIpc) is 3.05. The predicted octanol–water partition coefficient (Wildman–Crippen LogP) is 1.94. The average molecular weight is 307 g/mol. The van der Waals surface area contributed by atoms with Crippen molar-refractivity contribution in [3.63, 3.8) is 0 Å². The van der Waals surface area contributed by atoms with Crippen LogP contribution in [-0.4, -0.2) is 32.1 Å². The van der Waals surface area contributed by atoms with Crippen LogP contribution in [-0.2, 0) is 4.79 Å². The number of aromatic amines is 1. The Balaban J connectivity index is 1.73. The molecule has 116 valence electrons. The summed E-state index contributed by atoms with van der Waals surface area (Å²) in [5, 5.41) is 17.0. The normalized spacial score (nSPS) is 15.8. The summed E-state index contributed by atoms with van der Waals surface area (Å²) in [5.41, 5.74) is 1.44. The fourth-order valence-corrected chi connectivity index (χ4v) is 2.74. The summed E-state index contributed by atoms with van der Waals surface area (Å²) in [6.07, 6.45) is 12.2. The smallest absolute Gasteiger partial charge is 0.244 e. The molecule has 0 radical (unpaired) electrons. The molecule has 3 rings (SSSR count). The Labute approximate surface area is 134 Å². The molecule has 1 aliphatic carbocycles. The van der Waals surface area contributed by atoms with Crippen molar-refractivity contribution < 1.29 is 4.79 Å². The molecule has 0 aliphatic heterocycles. The largest absolute Gasteiger partial charge is 0.346 e. The highest BCUT2D eigenvalue weighted by Gasteiger charge is 2.36. The number of carbonyl (C=O) groups is 1. The molecule has 0 spiro atoms. The molecule has 0 bridgehead atoms. The minimum atomic E-state index is -0.219. The van der Waals surface area contributed by atoms with Crippen LogP contribution in [0, 0.1) is 12.3 Å². The fourth-order valence-electron chi connectivity index (χ4n) is 2.74. The zero-order valence-corrected chi connectivity index (χ0v) is 12.6. The minimum absolute atomic E-state index is 0.136. The molecular formula is C17H17N5O. The van der Waals surface area contributed by atoms with Crippen LogP contribution in [0.25, 0.3) is 17.5 Å². The maximum atomic E-state index is 12.2. The summed E-state index contributed by atoms with van der Waals surface area (Å²) in [5.74, 6) is 3.01. The van der Waals surface area contributed by atoms with Gasteiger partial charge in [-0.2, -0.15) is 5.21 Å². The highest BCUT2D eigenvalue weighted by atomic mass is 16.1. The Morgan fingerprint density at radius 1 is 1.43 bits per heavy atom. The molecule has 2 aromatic rings. The van der Waals surface area contributed by atoms with Crippen LogP contribution >= 0.6 is 0 Å². The van der Waals surface area contributed by atoms with Gasteiger partial charge in [-0.3, -0.25) is 4.79 Å². The quantitative estimate of drug-likeness (QED) is 0.653. The molecule has 1 saturated carbocycles. The van der Waals surface area contributed by atoms with Gasteiger partial charge in [0.25, 0.3) is 0 Å². The third-order valence-electron chi connectivity index (χ3n) is 4.10. The number of aromatic nitrogens is 4. The molecular weight excluding hydrogens is 290 g/mol. The van der Waals surface area contributed by atoms with Crippen molar-refractivity contribution in [1.82, 2.24) is 25.9 Å². The van der Waals surface area contributed by atoms with Crippen LogP contribution < -0.4 is 5.32 Å². The van der Waals surface area contributed by atoms with Crippen LogP contribution in [0.3, 0.4) is 0 Å². The molecule has 1 fully saturated rings. The van der Waals surface area contributed by atoms with Crippen LogP contribution in [0.15, 0.2) is 30.3 Å². The first-order valence-electron chi connectivity index (χ1n) is 7.49. The third kappa shape index (κ3) is 3.29. The maximum absolute atomic E-state index is 12.2. The van der Waals surface area contributed by atoms with E-state index in [1.54, 1.807) is 6.08 Å². The van der Waals surface area contributed by atoms with Gasteiger partial charge in [-0.25, -0.2) is 0 Å². The van der Waals surface area contributed by atoms with Crippen molar-refractivity contribution in [3.05, 3.63) is 35.9 Å². The number of rotatable bonds is 5. The lowest BCUT2D eigenvalue weighted by Crippen LogP contribution is -2.52. The topological polar surface area (TPSA) is 83.6 Å². The van der Waals surface area contributed by atoms with E-state index in [1.807, 2.05) is 24.3 Å². The number of terminal acetylenes is 1. The highest BCUT2D eigenvalue weighted by molar-refractivity contribution is 5.93. The first-order chi connectivity index (χ1) is 11.2. The van der Waals surface area contributed by atoms with E-state index in [0.717, 1.165) is 30.4 Å². The van der Waals surface area contributed by atoms with E-state index in [1.165, 1.54) is 6.08 Å². The fraction of sp³-hybridized carbons (Fsp3) is 0.294. The molecule has 1 amide bonds. The molecule has 1 aromatic carbocycles. The molecule has 1 heterocycles. The van der Waals surface area contributed by atoms with E-state index >= 15 is 0 Å². The van der Waals surface area contributed by atoms with Gasteiger partial charge in [0.2, 0.25) is 11.7 Å². The van der Waals surface area contributed by atoms with Crippen LogP contribution in [0.2, 0.25) is 0 Å². The number of hydrogen-bond donors (Lipinski definition) is 2. The van der Waals surface area contributed by atoms with Gasteiger partial charge in [-0.1, -0.05) is 24.3 Å². The number of hydrogen-bond acceptors (Lipinski definition) is 4. The van der Waals surface area contributed by atoms with E-state index in [9.17, 15) is 4.79 Å². The number of benzene rings is 1. The third-order valence-corrected chi connectivity index (χ3v) is 4.10. The zero-order chi connectivity index (χ0) is 16.1. The van der Waals surface area contributed by atoms with Gasteiger partial charge in [-0.15, -0.1) is 22.5 Å². The second-order valence-electron chi connectivity index (χ2n) is 5.66. The molecule has 6 nitrogen and oxygen atoms in total. The first kappa shape index (κ1) is 15.0. The Kier molecular flexibility index (Phi) is 4.20. The minimum Gasteiger partial charge on any atom is -0.346 e. The Hall–Kier alpha value is -2.94. The summed E-state index contributed by atoms with van der Waals surface area (Å²) < 4.78 is 0. The number of tetrazole rings is 1. The van der Waals surface area contributed by atoms with Crippen LogP contribution in [0.5, 0.6) is 0 Å². The predicted molar refractivity (Wildman–Crippen MR) is 86.8 cm³/mol. The molecule has 0 atom stereocenters. The summed E-state index contributed by atoms with van der Waals surface area (Å²) in [6, 6.07) is 7.57. The number of nitrogens with zero attached hydrogens (tertiary/aromatic N) is 3. The Morgan fingerprint density at radius 3 is 2.91 bits per heavy atom. The van der Waals surface area contributed by atoms with Crippen molar-refractivity contribution in [2.45, 2.75) is 31.2 Å². The second kappa shape index (κ2) is 6.44. The maximum Gasteiger partial charge on any atom is 0.244 e. The Bertz CT molecular complexity index is 754. The van der Waals surface area contributed by atoms with Crippen LogP contribution in [0.1, 0.15) is 31.2 Å². The van der Waals surface area contributed by atoms with Gasteiger partial charge < -0.3 is 5.32 Å². The second-order valence-corrected chi connectivity index (χ2v) is 5.66. The standard InChI is InChI=1S/C17H17N5O/c1-2-10-17(11-5-12-17)18-15(23)9-8-13-6-3-4-7-14(13)16-19-21-22-20-16/h1,3-4,6-9H,5,10-12H2,(H,18,23)(H,19,20,21,22)/b9-8+. The number of H-pyrrole nitrogens is 1. The van der Waals surface area contributed by atoms with Crippen molar-refractivity contribution >= 4 is 12.0 Å². The summed E-state index contributed by atoms with van der Waals surface area (Å²) in [6.45, 7) is 0. The zero-order valence-electron chi connectivity index (χ0n) is 12.6. The molecule has 0 saturated heterocycles. The lowest BCUT2D eigenvalue weighted by Gasteiger charge is -2.41. The molecule has 23 heavy (non-hydrogen) atoms. The molecule has 0 unspecified atom stereocenters. The lowest BCUT2D eigenvalue weighted by atomic mass is 9.74. The van der Waals surface area contributed by atoms with Gasteiger partial charge in [0.1, 0.15) is 0 Å². The van der Waals surface area contributed by atoms with E-state index in [0.29, 0.717) is 12.2 Å². The van der Waals surface area contributed by atoms with Crippen molar-refractivity contribution in [1.29, 1.82) is 0 Å². The van der Waals surface area contributed by atoms with E-state index in [-0.39, 0.29) is 11.4 Å². The van der Waals surface area contributed by atoms with Crippen molar-refractivity contribution in [2.24, 2.45) is 0 Å². The van der Waals surface area contributed by atoms with Gasteiger partial charge >= 0.3 is 0 Å². The van der Waals surface area contributed by atoms with Gasteiger partial charge in [0.05, 0.1) is 5.54 Å².